The van der Waals surface area contributed by atoms with Gasteiger partial charge in [-0.25, -0.2) is 4.98 Å². The van der Waals surface area contributed by atoms with Crippen LogP contribution in [0.15, 0.2) is 66.9 Å². The Morgan fingerprint density at radius 3 is 2.34 bits per heavy atom. The number of anilines is 2. The van der Waals surface area contributed by atoms with Crippen molar-refractivity contribution in [1.29, 1.82) is 5.26 Å². The van der Waals surface area contributed by atoms with Crippen molar-refractivity contribution >= 4 is 11.5 Å². The van der Waals surface area contributed by atoms with Crippen molar-refractivity contribution in [3.63, 3.8) is 0 Å². The lowest BCUT2D eigenvalue weighted by atomic mass is 10.0. The fraction of sp³-hybridized carbons (Fsp3) is 0.333. The largest absolute Gasteiger partial charge is 0.378 e. The van der Waals surface area contributed by atoms with E-state index >= 15 is 0 Å². The molecule has 5 nitrogen and oxygen atoms in total. The molecule has 0 bridgehead atoms. The van der Waals surface area contributed by atoms with Crippen LogP contribution >= 0.6 is 0 Å². The Hall–Kier alpha value is -3.36. The molecule has 2 atom stereocenters. The summed E-state index contributed by atoms with van der Waals surface area (Å²) in [6.07, 6.45) is 2.99. The molecule has 3 aromatic rings. The fourth-order valence-corrected chi connectivity index (χ4v) is 3.51. The van der Waals surface area contributed by atoms with Gasteiger partial charge < -0.3 is 15.4 Å². The van der Waals surface area contributed by atoms with Crippen LogP contribution in [0.25, 0.3) is 0 Å². The predicted molar refractivity (Wildman–Crippen MR) is 131 cm³/mol. The maximum Gasteiger partial charge on any atom is 0.149 e. The van der Waals surface area contributed by atoms with Gasteiger partial charge in [0, 0.05) is 12.2 Å². The molecule has 32 heavy (non-hydrogen) atoms. The second-order valence-electron chi connectivity index (χ2n) is 8.19. The monoisotopic (exact) mass is 428 g/mol. The van der Waals surface area contributed by atoms with Crippen molar-refractivity contribution in [2.45, 2.75) is 45.7 Å². The van der Waals surface area contributed by atoms with Crippen molar-refractivity contribution in [1.82, 2.24) is 4.98 Å². The van der Waals surface area contributed by atoms with Crippen molar-refractivity contribution in [3.8, 4) is 6.07 Å². The van der Waals surface area contributed by atoms with Gasteiger partial charge in [0.1, 0.15) is 5.82 Å². The third-order valence-corrected chi connectivity index (χ3v) is 5.38. The number of ether oxygens (including phenoxy) is 1. The number of hydrogen-bond acceptors (Lipinski definition) is 5. The number of rotatable bonds is 11. The highest BCUT2D eigenvalue weighted by atomic mass is 16.5. The van der Waals surface area contributed by atoms with Crippen molar-refractivity contribution in [3.05, 3.63) is 89.1 Å². The quantitative estimate of drug-likeness (QED) is 0.376. The van der Waals surface area contributed by atoms with Gasteiger partial charge in [-0.2, -0.15) is 5.26 Å². The molecule has 2 N–H and O–H groups in total. The second-order valence-corrected chi connectivity index (χ2v) is 8.19. The lowest BCUT2D eigenvalue weighted by molar-refractivity contribution is 0.130. The number of nitrogens with one attached hydrogen (secondary N) is 2. The Kier molecular flexibility index (Phi) is 8.65. The number of aromatic nitrogens is 1. The number of aryl methyl sites for hydroxylation is 2. The van der Waals surface area contributed by atoms with E-state index in [2.05, 4.69) is 91.0 Å². The Labute approximate surface area is 191 Å². The van der Waals surface area contributed by atoms with E-state index in [1.807, 2.05) is 12.1 Å². The van der Waals surface area contributed by atoms with Crippen LogP contribution in [-0.2, 0) is 11.2 Å². The molecule has 5 heteroatoms. The molecule has 0 aliphatic rings. The summed E-state index contributed by atoms with van der Waals surface area (Å²) in [4.78, 5) is 4.60. The third kappa shape index (κ3) is 7.11. The minimum Gasteiger partial charge on any atom is -0.378 e. The molecule has 3 rings (SSSR count). The van der Waals surface area contributed by atoms with E-state index < -0.39 is 0 Å². The van der Waals surface area contributed by atoms with E-state index in [0.717, 1.165) is 17.9 Å². The average Bonchev–Trinajstić information content (AvgIpc) is 2.80. The summed E-state index contributed by atoms with van der Waals surface area (Å²) in [6.45, 7) is 7.26. The first-order valence-electron chi connectivity index (χ1n) is 11.1. The fourth-order valence-electron chi connectivity index (χ4n) is 3.51. The molecule has 0 aliphatic carbocycles. The summed E-state index contributed by atoms with van der Waals surface area (Å²) in [6, 6.07) is 23.4. The molecule has 0 amide bonds. The van der Waals surface area contributed by atoms with E-state index in [9.17, 15) is 0 Å². The molecule has 0 aliphatic heterocycles. The van der Waals surface area contributed by atoms with Crippen molar-refractivity contribution < 1.29 is 4.74 Å². The number of nitriles is 1. The molecule has 1 aromatic heterocycles. The minimum absolute atomic E-state index is 0.0292. The first-order valence-corrected chi connectivity index (χ1v) is 11.1. The topological polar surface area (TPSA) is 70.0 Å². The zero-order valence-electron chi connectivity index (χ0n) is 19.1. The summed E-state index contributed by atoms with van der Waals surface area (Å²) in [5.74, 6) is 0.799. The molecular weight excluding hydrogens is 396 g/mol. The number of nitrogens with zero attached hydrogens (tertiary/aromatic N) is 2. The van der Waals surface area contributed by atoms with E-state index in [-0.39, 0.29) is 12.1 Å². The summed E-state index contributed by atoms with van der Waals surface area (Å²) in [5, 5.41) is 16.0. The van der Waals surface area contributed by atoms with E-state index in [1.165, 1.54) is 22.3 Å². The highest BCUT2D eigenvalue weighted by molar-refractivity contribution is 5.65. The highest BCUT2D eigenvalue weighted by Gasteiger charge is 2.15. The lowest BCUT2D eigenvalue weighted by Crippen LogP contribution is -2.29. The van der Waals surface area contributed by atoms with Crippen LogP contribution < -0.4 is 10.6 Å². The Morgan fingerprint density at radius 2 is 1.66 bits per heavy atom. The van der Waals surface area contributed by atoms with Gasteiger partial charge in [0.2, 0.25) is 0 Å². The summed E-state index contributed by atoms with van der Waals surface area (Å²) in [7, 11) is 0. The minimum atomic E-state index is 0.0292. The van der Waals surface area contributed by atoms with Gasteiger partial charge >= 0.3 is 0 Å². The van der Waals surface area contributed by atoms with E-state index in [4.69, 9.17) is 10.00 Å². The molecule has 2 aromatic carbocycles. The smallest absolute Gasteiger partial charge is 0.149 e. The Morgan fingerprint density at radius 1 is 0.969 bits per heavy atom. The van der Waals surface area contributed by atoms with Gasteiger partial charge in [-0.15, -0.1) is 0 Å². The molecule has 0 fully saturated rings. The zero-order chi connectivity index (χ0) is 22.8. The summed E-state index contributed by atoms with van der Waals surface area (Å²) in [5.41, 5.74) is 5.90. The maximum atomic E-state index is 8.79. The van der Waals surface area contributed by atoms with Crippen molar-refractivity contribution in [2.75, 3.05) is 23.8 Å². The molecular formula is C27H32N4O. The predicted octanol–water partition coefficient (Wildman–Crippen LogP) is 5.83. The zero-order valence-corrected chi connectivity index (χ0v) is 19.1. The molecule has 0 saturated carbocycles. The van der Waals surface area contributed by atoms with E-state index in [0.29, 0.717) is 19.6 Å². The Bertz CT molecular complexity index is 1010. The highest BCUT2D eigenvalue weighted by Crippen LogP contribution is 2.25. The number of hydrogen-bond donors (Lipinski definition) is 2. The van der Waals surface area contributed by atoms with Gasteiger partial charge in [-0.05, 0) is 50.5 Å². The van der Waals surface area contributed by atoms with Crippen molar-refractivity contribution in [2.24, 2.45) is 0 Å². The van der Waals surface area contributed by atoms with Gasteiger partial charge in [0.05, 0.1) is 37.4 Å². The first-order chi connectivity index (χ1) is 15.5. The van der Waals surface area contributed by atoms with Gasteiger partial charge in [-0.1, -0.05) is 59.7 Å². The van der Waals surface area contributed by atoms with Crippen LogP contribution in [0, 0.1) is 25.2 Å². The molecule has 1 heterocycles. The van der Waals surface area contributed by atoms with Gasteiger partial charge in [0.15, 0.2) is 0 Å². The third-order valence-electron chi connectivity index (χ3n) is 5.38. The molecule has 166 valence electrons. The average molecular weight is 429 g/mol. The van der Waals surface area contributed by atoms with Crippen LogP contribution in [0.5, 0.6) is 0 Å². The van der Waals surface area contributed by atoms with E-state index in [1.54, 1.807) is 6.20 Å². The SMILES string of the molecule is Cc1ccc(C[C@@H](COCCC#N)Nc2ncccc2NC(C)c2ccc(C)cc2)cc1. The molecule has 0 spiro atoms. The molecule has 0 radical (unpaired) electrons. The van der Waals surface area contributed by atoms with Crippen LogP contribution in [0.3, 0.4) is 0 Å². The molecule has 1 unspecified atom stereocenters. The van der Waals surface area contributed by atoms with Crippen LogP contribution in [-0.4, -0.2) is 24.2 Å². The number of pyridine rings is 1. The number of benzene rings is 2. The van der Waals surface area contributed by atoms with Gasteiger partial charge in [0.25, 0.3) is 0 Å². The molecule has 0 saturated heterocycles. The second kappa shape index (κ2) is 11.9. The van der Waals surface area contributed by atoms with Gasteiger partial charge in [-0.3, -0.25) is 0 Å². The lowest BCUT2D eigenvalue weighted by Gasteiger charge is -2.23. The van der Waals surface area contributed by atoms with Crippen LogP contribution in [0.4, 0.5) is 11.5 Å². The van der Waals surface area contributed by atoms with Crippen LogP contribution in [0.2, 0.25) is 0 Å². The maximum absolute atomic E-state index is 8.79. The standard InChI is InChI=1S/C27H32N4O/c1-20-7-11-23(12-8-20)18-25(19-32-17-5-15-28)31-27-26(6-4-16-29-27)30-22(3)24-13-9-21(2)10-14-24/h4,6-14,16,22,25,30H,5,17-19H2,1-3H3,(H,29,31)/t22?,25-/m0/s1. The normalized spacial score (nSPS) is 12.6. The summed E-state index contributed by atoms with van der Waals surface area (Å²) < 4.78 is 5.77. The first kappa shape index (κ1) is 23.3. The Balaban J connectivity index is 1.73. The summed E-state index contributed by atoms with van der Waals surface area (Å²) >= 11 is 0. The van der Waals surface area contributed by atoms with Crippen LogP contribution in [0.1, 0.15) is 41.6 Å².